The number of rotatable bonds is 6. The van der Waals surface area contributed by atoms with Crippen LogP contribution in [-0.2, 0) is 28.7 Å². The summed E-state index contributed by atoms with van der Waals surface area (Å²) in [5.41, 5.74) is 0. The van der Waals surface area contributed by atoms with E-state index in [4.69, 9.17) is 0 Å². The van der Waals surface area contributed by atoms with E-state index in [1.54, 1.807) is 0 Å². The molecule has 0 bridgehead atoms. The molecule has 7 heteroatoms. The summed E-state index contributed by atoms with van der Waals surface area (Å²) in [6.07, 6.45) is 0.885. The SMILES string of the molecule is COC(=O)CCCC(C(=O)OC)N1C(=O)CCC1=O. The number of ether oxygens (including phenoxy) is 2. The lowest BCUT2D eigenvalue weighted by Gasteiger charge is -2.23. The Morgan fingerprint density at radius 1 is 1.16 bits per heavy atom. The average molecular weight is 271 g/mol. The van der Waals surface area contributed by atoms with Crippen LogP contribution < -0.4 is 0 Å². The third kappa shape index (κ3) is 3.77. The second-order valence-electron chi connectivity index (χ2n) is 4.16. The highest BCUT2D eigenvalue weighted by molar-refractivity contribution is 6.05. The van der Waals surface area contributed by atoms with Gasteiger partial charge in [-0.05, 0) is 12.8 Å². The maximum Gasteiger partial charge on any atom is 0.329 e. The summed E-state index contributed by atoms with van der Waals surface area (Å²) < 4.78 is 9.09. The van der Waals surface area contributed by atoms with Gasteiger partial charge in [-0.15, -0.1) is 0 Å². The minimum atomic E-state index is -0.947. The summed E-state index contributed by atoms with van der Waals surface area (Å²) in [5, 5.41) is 0. The molecule has 1 rings (SSSR count). The Bertz CT molecular complexity index is 376. The molecule has 1 aliphatic rings. The van der Waals surface area contributed by atoms with E-state index >= 15 is 0 Å². The third-order valence-corrected chi connectivity index (χ3v) is 2.96. The van der Waals surface area contributed by atoms with Crippen molar-refractivity contribution >= 4 is 23.8 Å². The maximum atomic E-state index is 11.7. The number of hydrogen-bond donors (Lipinski definition) is 0. The third-order valence-electron chi connectivity index (χ3n) is 2.96. The zero-order chi connectivity index (χ0) is 14.4. The van der Waals surface area contributed by atoms with Crippen molar-refractivity contribution in [3.8, 4) is 0 Å². The molecular weight excluding hydrogens is 254 g/mol. The smallest absolute Gasteiger partial charge is 0.329 e. The molecule has 1 aliphatic heterocycles. The fourth-order valence-corrected chi connectivity index (χ4v) is 1.97. The van der Waals surface area contributed by atoms with E-state index in [-0.39, 0.29) is 37.5 Å². The molecule has 1 unspecified atom stereocenters. The van der Waals surface area contributed by atoms with Gasteiger partial charge in [0.05, 0.1) is 14.2 Å². The standard InChI is InChI=1S/C12H17NO6/c1-18-11(16)5-3-4-8(12(17)19-2)13-9(14)6-7-10(13)15/h8H,3-7H2,1-2H3. The fraction of sp³-hybridized carbons (Fsp3) is 0.667. The van der Waals surface area contributed by atoms with Crippen LogP contribution in [0.25, 0.3) is 0 Å². The molecule has 1 heterocycles. The first-order chi connectivity index (χ1) is 9.01. The normalized spacial score (nSPS) is 16.4. The van der Waals surface area contributed by atoms with Gasteiger partial charge in [0.25, 0.3) is 0 Å². The Kier molecular flexibility index (Phi) is 5.47. The van der Waals surface area contributed by atoms with Gasteiger partial charge in [0.15, 0.2) is 0 Å². The summed E-state index contributed by atoms with van der Waals surface area (Å²) in [6, 6.07) is -0.947. The van der Waals surface area contributed by atoms with Gasteiger partial charge in [-0.2, -0.15) is 0 Å². The Balaban J connectivity index is 2.67. The lowest BCUT2D eigenvalue weighted by Crippen LogP contribution is -2.45. The van der Waals surface area contributed by atoms with Gasteiger partial charge in [-0.1, -0.05) is 0 Å². The fourth-order valence-electron chi connectivity index (χ4n) is 1.97. The first-order valence-corrected chi connectivity index (χ1v) is 6.00. The number of amides is 2. The van der Waals surface area contributed by atoms with Crippen LogP contribution in [0.5, 0.6) is 0 Å². The predicted molar refractivity (Wildman–Crippen MR) is 62.8 cm³/mol. The lowest BCUT2D eigenvalue weighted by molar-refractivity contribution is -0.156. The number of likely N-dealkylation sites (tertiary alicyclic amines) is 1. The molecule has 0 aromatic heterocycles. The number of methoxy groups -OCH3 is 2. The van der Waals surface area contributed by atoms with E-state index in [0.717, 1.165) is 4.90 Å². The van der Waals surface area contributed by atoms with Gasteiger partial charge in [-0.25, -0.2) is 4.79 Å². The van der Waals surface area contributed by atoms with E-state index in [2.05, 4.69) is 9.47 Å². The average Bonchev–Trinajstić information content (AvgIpc) is 2.73. The van der Waals surface area contributed by atoms with Crippen molar-refractivity contribution in [3.63, 3.8) is 0 Å². The number of carbonyl (C=O) groups excluding carboxylic acids is 4. The molecule has 2 amide bonds. The molecule has 0 aromatic carbocycles. The van der Waals surface area contributed by atoms with Crippen LogP contribution in [0.1, 0.15) is 32.1 Å². The molecule has 0 spiro atoms. The first-order valence-electron chi connectivity index (χ1n) is 6.00. The number of carbonyl (C=O) groups is 4. The Morgan fingerprint density at radius 3 is 2.21 bits per heavy atom. The minimum Gasteiger partial charge on any atom is -0.469 e. The molecule has 1 atom stereocenters. The van der Waals surface area contributed by atoms with E-state index < -0.39 is 18.0 Å². The molecule has 19 heavy (non-hydrogen) atoms. The van der Waals surface area contributed by atoms with Crippen LogP contribution in [0.2, 0.25) is 0 Å². The molecule has 1 fully saturated rings. The van der Waals surface area contributed by atoms with Crippen molar-refractivity contribution in [1.82, 2.24) is 4.90 Å². The van der Waals surface area contributed by atoms with Crippen LogP contribution in [0, 0.1) is 0 Å². The molecular formula is C12H17NO6. The highest BCUT2D eigenvalue weighted by atomic mass is 16.5. The zero-order valence-electron chi connectivity index (χ0n) is 11.0. The van der Waals surface area contributed by atoms with Crippen LogP contribution in [0.4, 0.5) is 0 Å². The van der Waals surface area contributed by atoms with Crippen molar-refractivity contribution < 1.29 is 28.7 Å². The van der Waals surface area contributed by atoms with Gasteiger partial charge in [-0.3, -0.25) is 19.3 Å². The number of hydrogen-bond acceptors (Lipinski definition) is 6. The molecule has 1 saturated heterocycles. The quantitative estimate of drug-likeness (QED) is 0.499. The highest BCUT2D eigenvalue weighted by Crippen LogP contribution is 2.20. The molecule has 0 N–H and O–H groups in total. The van der Waals surface area contributed by atoms with Crippen LogP contribution in [-0.4, -0.2) is 48.9 Å². The van der Waals surface area contributed by atoms with Gasteiger partial charge in [0.1, 0.15) is 6.04 Å². The highest BCUT2D eigenvalue weighted by Gasteiger charge is 2.39. The van der Waals surface area contributed by atoms with Crippen molar-refractivity contribution in [1.29, 1.82) is 0 Å². The van der Waals surface area contributed by atoms with Crippen molar-refractivity contribution in [2.45, 2.75) is 38.1 Å². The van der Waals surface area contributed by atoms with Crippen molar-refractivity contribution in [2.75, 3.05) is 14.2 Å². The Labute approximate surface area is 110 Å². The molecule has 7 nitrogen and oxygen atoms in total. The molecule has 0 saturated carbocycles. The van der Waals surface area contributed by atoms with E-state index in [0.29, 0.717) is 6.42 Å². The van der Waals surface area contributed by atoms with Crippen molar-refractivity contribution in [2.24, 2.45) is 0 Å². The summed E-state index contributed by atoms with van der Waals surface area (Å²) in [4.78, 5) is 46.8. The van der Waals surface area contributed by atoms with Gasteiger partial charge in [0, 0.05) is 19.3 Å². The van der Waals surface area contributed by atoms with Crippen LogP contribution in [0.15, 0.2) is 0 Å². The monoisotopic (exact) mass is 271 g/mol. The molecule has 0 aromatic rings. The molecule has 0 aliphatic carbocycles. The van der Waals surface area contributed by atoms with E-state index in [1.165, 1.54) is 14.2 Å². The summed E-state index contributed by atoms with van der Waals surface area (Å²) in [5.74, 6) is -1.80. The molecule has 0 radical (unpaired) electrons. The van der Waals surface area contributed by atoms with Gasteiger partial charge >= 0.3 is 11.9 Å². The summed E-state index contributed by atoms with van der Waals surface area (Å²) in [6.45, 7) is 0. The number of nitrogens with zero attached hydrogens (tertiary/aromatic N) is 1. The summed E-state index contributed by atoms with van der Waals surface area (Å²) >= 11 is 0. The van der Waals surface area contributed by atoms with E-state index in [9.17, 15) is 19.2 Å². The topological polar surface area (TPSA) is 90.0 Å². The van der Waals surface area contributed by atoms with Crippen LogP contribution in [0.3, 0.4) is 0 Å². The Morgan fingerprint density at radius 2 is 1.74 bits per heavy atom. The first kappa shape index (κ1) is 15.1. The number of esters is 2. The second kappa shape index (κ2) is 6.86. The van der Waals surface area contributed by atoms with Crippen LogP contribution >= 0.6 is 0 Å². The van der Waals surface area contributed by atoms with E-state index in [1.807, 2.05) is 0 Å². The predicted octanol–water partition coefficient (Wildman–Crippen LogP) is 0.0203. The van der Waals surface area contributed by atoms with Crippen molar-refractivity contribution in [3.05, 3.63) is 0 Å². The molecule has 106 valence electrons. The largest absolute Gasteiger partial charge is 0.469 e. The Hall–Kier alpha value is -1.92. The summed E-state index contributed by atoms with van der Waals surface area (Å²) in [7, 11) is 2.47. The second-order valence-corrected chi connectivity index (χ2v) is 4.16. The van der Waals surface area contributed by atoms with Gasteiger partial charge < -0.3 is 9.47 Å². The minimum absolute atomic E-state index is 0.114. The number of imide groups is 1. The maximum absolute atomic E-state index is 11.7. The lowest BCUT2D eigenvalue weighted by atomic mass is 10.1. The zero-order valence-corrected chi connectivity index (χ0v) is 11.0. The van der Waals surface area contributed by atoms with Gasteiger partial charge in [0.2, 0.25) is 11.8 Å².